The highest BCUT2D eigenvalue weighted by molar-refractivity contribution is 7.91. The number of nitrogens with one attached hydrogen (secondary N) is 1. The number of nitrogens with zero attached hydrogens (tertiary/aromatic N) is 2. The lowest BCUT2D eigenvalue weighted by atomic mass is 10.1. The van der Waals surface area contributed by atoms with Crippen molar-refractivity contribution in [3.63, 3.8) is 0 Å². The Morgan fingerprint density at radius 3 is 2.65 bits per heavy atom. The van der Waals surface area contributed by atoms with E-state index in [9.17, 15) is 13.2 Å². The van der Waals surface area contributed by atoms with Crippen molar-refractivity contribution in [2.45, 2.75) is 18.5 Å². The highest BCUT2D eigenvalue weighted by Crippen LogP contribution is 2.26. The first-order valence-electron chi connectivity index (χ1n) is 9.02. The summed E-state index contributed by atoms with van der Waals surface area (Å²) in [4.78, 5) is 16.5. The number of hydrogen-bond acceptors (Lipinski definition) is 5. The van der Waals surface area contributed by atoms with Crippen molar-refractivity contribution in [1.82, 2.24) is 15.1 Å². The molecule has 26 heavy (non-hydrogen) atoms. The predicted octanol–water partition coefficient (Wildman–Crippen LogP) is 0.368. The van der Waals surface area contributed by atoms with Crippen LogP contribution in [0.2, 0.25) is 0 Å². The summed E-state index contributed by atoms with van der Waals surface area (Å²) in [6.45, 7) is 3.00. The van der Waals surface area contributed by atoms with E-state index >= 15 is 0 Å². The molecule has 1 aromatic rings. The maximum absolute atomic E-state index is 12.6. The zero-order valence-electron chi connectivity index (χ0n) is 15.1. The van der Waals surface area contributed by atoms with Crippen LogP contribution in [0.3, 0.4) is 0 Å². The first-order valence-corrected chi connectivity index (χ1v) is 10.8. The van der Waals surface area contributed by atoms with Crippen molar-refractivity contribution in [3.8, 4) is 0 Å². The first-order chi connectivity index (χ1) is 12.5. The Morgan fingerprint density at radius 1 is 1.19 bits per heavy atom. The average molecular weight is 381 g/mol. The fraction of sp³-hybridized carbons (Fsp3) is 0.611. The molecule has 144 valence electrons. The number of benzene rings is 1. The monoisotopic (exact) mass is 381 g/mol. The van der Waals surface area contributed by atoms with Gasteiger partial charge in [0.2, 0.25) is 0 Å². The third-order valence-corrected chi connectivity index (χ3v) is 6.87. The second kappa shape index (κ2) is 8.37. The predicted molar refractivity (Wildman–Crippen MR) is 99.9 cm³/mol. The summed E-state index contributed by atoms with van der Waals surface area (Å²) < 4.78 is 29.5. The van der Waals surface area contributed by atoms with Crippen molar-refractivity contribution >= 4 is 15.9 Å². The fourth-order valence-electron chi connectivity index (χ4n) is 3.82. The van der Waals surface area contributed by atoms with Gasteiger partial charge in [-0.15, -0.1) is 0 Å². The molecule has 2 amide bonds. The quantitative estimate of drug-likeness (QED) is 0.770. The van der Waals surface area contributed by atoms with E-state index in [2.05, 4.69) is 10.2 Å². The molecule has 0 bridgehead atoms. The van der Waals surface area contributed by atoms with Crippen molar-refractivity contribution in [2.75, 3.05) is 51.4 Å². The van der Waals surface area contributed by atoms with Gasteiger partial charge >= 0.3 is 6.03 Å². The van der Waals surface area contributed by atoms with Crippen LogP contribution in [0.4, 0.5) is 4.79 Å². The van der Waals surface area contributed by atoms with Crippen LogP contribution in [0.1, 0.15) is 5.56 Å². The van der Waals surface area contributed by atoms with Gasteiger partial charge < -0.3 is 15.0 Å². The summed E-state index contributed by atoms with van der Waals surface area (Å²) in [5.41, 5.74) is 1.17. The van der Waals surface area contributed by atoms with Crippen LogP contribution in [-0.4, -0.2) is 87.7 Å². The van der Waals surface area contributed by atoms with E-state index in [0.29, 0.717) is 32.8 Å². The van der Waals surface area contributed by atoms with Gasteiger partial charge in [-0.1, -0.05) is 30.3 Å². The Hall–Kier alpha value is -1.64. The third-order valence-electron chi connectivity index (χ3n) is 5.17. The highest BCUT2D eigenvalue weighted by atomic mass is 32.2. The summed E-state index contributed by atoms with van der Waals surface area (Å²) in [6, 6.07) is 9.40. The number of piperazine rings is 1. The molecule has 8 heteroatoms. The topological polar surface area (TPSA) is 79.0 Å². The molecule has 1 aromatic carbocycles. The molecular weight excluding hydrogens is 354 g/mol. The zero-order chi connectivity index (χ0) is 18.6. The lowest BCUT2D eigenvalue weighted by Gasteiger charge is -2.43. The van der Waals surface area contributed by atoms with E-state index in [1.807, 2.05) is 30.3 Å². The van der Waals surface area contributed by atoms with Gasteiger partial charge in [0.25, 0.3) is 0 Å². The zero-order valence-corrected chi connectivity index (χ0v) is 16.0. The van der Waals surface area contributed by atoms with E-state index < -0.39 is 9.84 Å². The highest BCUT2D eigenvalue weighted by Gasteiger charge is 2.47. The Kier molecular flexibility index (Phi) is 6.16. The molecule has 2 heterocycles. The summed E-state index contributed by atoms with van der Waals surface area (Å²) in [7, 11) is -1.48. The van der Waals surface area contributed by atoms with Crippen LogP contribution in [0.15, 0.2) is 30.3 Å². The summed E-state index contributed by atoms with van der Waals surface area (Å²) in [5, 5.41) is 2.95. The van der Waals surface area contributed by atoms with Gasteiger partial charge in [-0.3, -0.25) is 4.90 Å². The van der Waals surface area contributed by atoms with Crippen LogP contribution in [0, 0.1) is 0 Å². The molecule has 2 fully saturated rings. The normalized spacial score (nSPS) is 25.0. The van der Waals surface area contributed by atoms with Gasteiger partial charge in [-0.05, 0) is 12.0 Å². The van der Waals surface area contributed by atoms with Gasteiger partial charge in [0.15, 0.2) is 9.84 Å². The molecule has 3 rings (SSSR count). The molecule has 0 aromatic heterocycles. The van der Waals surface area contributed by atoms with E-state index in [0.717, 1.165) is 6.42 Å². The van der Waals surface area contributed by atoms with E-state index in [1.54, 1.807) is 12.0 Å². The molecule has 2 saturated heterocycles. The first kappa shape index (κ1) is 19.1. The second-order valence-electron chi connectivity index (χ2n) is 6.90. The van der Waals surface area contributed by atoms with E-state index in [4.69, 9.17) is 4.74 Å². The number of hydrogen-bond donors (Lipinski definition) is 1. The molecule has 2 aliphatic rings. The van der Waals surface area contributed by atoms with Crippen LogP contribution < -0.4 is 5.32 Å². The number of methoxy groups -OCH3 is 1. The van der Waals surface area contributed by atoms with Gasteiger partial charge in [0, 0.05) is 39.3 Å². The minimum absolute atomic E-state index is 0.0489. The molecule has 2 aliphatic heterocycles. The van der Waals surface area contributed by atoms with Gasteiger partial charge in [-0.25, -0.2) is 13.2 Å². The fourth-order valence-corrected chi connectivity index (χ4v) is 5.83. The largest absolute Gasteiger partial charge is 0.383 e. The SMILES string of the molecule is COCCN1CCN(C(=O)NCCc2ccccc2)C2CS(=O)(=O)CC21. The van der Waals surface area contributed by atoms with Crippen LogP contribution in [0.25, 0.3) is 0 Å². The number of rotatable bonds is 6. The minimum atomic E-state index is -3.12. The van der Waals surface area contributed by atoms with E-state index in [1.165, 1.54) is 5.56 Å². The molecular formula is C18H27N3O4S. The Balaban J connectivity index is 1.59. The standard InChI is InChI=1S/C18H27N3O4S/c1-25-12-11-20-9-10-21(17-14-26(23,24)13-16(17)20)18(22)19-8-7-15-5-3-2-4-6-15/h2-6,16-17H,7-14H2,1H3,(H,19,22). The van der Waals surface area contributed by atoms with Gasteiger partial charge in [0.05, 0.1) is 24.2 Å². The van der Waals surface area contributed by atoms with Crippen molar-refractivity contribution in [3.05, 3.63) is 35.9 Å². The number of ether oxygens (including phenoxy) is 1. The number of amides is 2. The average Bonchev–Trinajstić information content (AvgIpc) is 2.95. The van der Waals surface area contributed by atoms with E-state index in [-0.39, 0.29) is 29.6 Å². The number of carbonyl (C=O) groups excluding carboxylic acids is 1. The van der Waals surface area contributed by atoms with Crippen molar-refractivity contribution in [2.24, 2.45) is 0 Å². The minimum Gasteiger partial charge on any atom is -0.383 e. The Bertz CT molecular complexity index is 710. The Morgan fingerprint density at radius 2 is 1.92 bits per heavy atom. The lowest BCUT2D eigenvalue weighted by molar-refractivity contribution is 0.0467. The lowest BCUT2D eigenvalue weighted by Crippen LogP contribution is -2.62. The molecule has 2 atom stereocenters. The summed E-state index contributed by atoms with van der Waals surface area (Å²) in [5.74, 6) is 0.169. The van der Waals surface area contributed by atoms with Crippen molar-refractivity contribution < 1.29 is 17.9 Å². The van der Waals surface area contributed by atoms with Gasteiger partial charge in [-0.2, -0.15) is 0 Å². The molecule has 0 saturated carbocycles. The molecule has 0 radical (unpaired) electrons. The second-order valence-corrected chi connectivity index (χ2v) is 9.06. The molecule has 1 N–H and O–H groups in total. The third kappa shape index (κ3) is 4.55. The summed E-state index contributed by atoms with van der Waals surface area (Å²) >= 11 is 0. The van der Waals surface area contributed by atoms with Crippen molar-refractivity contribution in [1.29, 1.82) is 0 Å². The maximum atomic E-state index is 12.6. The molecule has 0 spiro atoms. The number of urea groups is 1. The van der Waals surface area contributed by atoms with Crippen LogP contribution in [0.5, 0.6) is 0 Å². The Labute approximate surface area is 155 Å². The molecule has 7 nitrogen and oxygen atoms in total. The number of fused-ring (bicyclic) bond motifs is 1. The number of sulfone groups is 1. The molecule has 2 unspecified atom stereocenters. The van der Waals surface area contributed by atoms with Crippen LogP contribution in [-0.2, 0) is 21.0 Å². The smallest absolute Gasteiger partial charge is 0.317 e. The van der Waals surface area contributed by atoms with Crippen LogP contribution >= 0.6 is 0 Å². The maximum Gasteiger partial charge on any atom is 0.317 e. The van der Waals surface area contributed by atoms with Gasteiger partial charge in [0.1, 0.15) is 0 Å². The molecule has 0 aliphatic carbocycles. The summed E-state index contributed by atoms with van der Waals surface area (Å²) in [6.07, 6.45) is 0.757. The number of carbonyl (C=O) groups is 1.